The van der Waals surface area contributed by atoms with Gasteiger partial charge in [-0.25, -0.2) is 4.98 Å². The summed E-state index contributed by atoms with van der Waals surface area (Å²) in [5.74, 6) is 0.717. The van der Waals surface area contributed by atoms with E-state index in [0.29, 0.717) is 5.56 Å². The molecule has 0 aliphatic heterocycles. The van der Waals surface area contributed by atoms with Crippen molar-refractivity contribution in [3.05, 3.63) is 40.2 Å². The lowest BCUT2D eigenvalue weighted by atomic mass is 10.0. The maximum Gasteiger partial charge on any atom is 0.152 e. The Balaban J connectivity index is 2.29. The summed E-state index contributed by atoms with van der Waals surface area (Å²) in [6, 6.07) is 5.83. The van der Waals surface area contributed by atoms with Crippen LogP contribution in [0.1, 0.15) is 23.1 Å². The van der Waals surface area contributed by atoms with E-state index in [1.807, 2.05) is 12.1 Å². The predicted octanol–water partition coefficient (Wildman–Crippen LogP) is 3.36. The zero-order valence-electron chi connectivity index (χ0n) is 9.03. The van der Waals surface area contributed by atoms with Crippen LogP contribution in [0, 0.1) is 11.3 Å². The van der Waals surface area contributed by atoms with Crippen molar-refractivity contribution in [2.24, 2.45) is 0 Å². The number of pyridine rings is 1. The van der Waals surface area contributed by atoms with Gasteiger partial charge in [-0.1, -0.05) is 11.6 Å². The van der Waals surface area contributed by atoms with Crippen molar-refractivity contribution in [2.45, 2.75) is 19.3 Å². The maximum absolute atomic E-state index is 9.11. The minimum Gasteiger partial charge on any atom is -0.463 e. The fourth-order valence-electron chi connectivity index (χ4n) is 2.36. The second-order valence-electron chi connectivity index (χ2n) is 4.03. The first-order chi connectivity index (χ1) is 8.31. The van der Waals surface area contributed by atoms with E-state index < -0.39 is 0 Å². The van der Waals surface area contributed by atoms with Crippen molar-refractivity contribution in [1.29, 1.82) is 5.26 Å². The Morgan fingerprint density at radius 1 is 1.35 bits per heavy atom. The zero-order chi connectivity index (χ0) is 11.8. The van der Waals surface area contributed by atoms with Crippen LogP contribution < -0.4 is 0 Å². The van der Waals surface area contributed by atoms with Crippen LogP contribution in [0.3, 0.4) is 0 Å². The second-order valence-corrected chi connectivity index (χ2v) is 4.38. The number of hydrogen-bond acceptors (Lipinski definition) is 3. The van der Waals surface area contributed by atoms with Crippen molar-refractivity contribution < 1.29 is 4.42 Å². The molecule has 17 heavy (non-hydrogen) atoms. The van der Waals surface area contributed by atoms with Gasteiger partial charge in [0.15, 0.2) is 5.76 Å². The summed E-state index contributed by atoms with van der Waals surface area (Å²) in [5, 5.41) is 9.38. The summed E-state index contributed by atoms with van der Waals surface area (Å²) in [7, 11) is 0. The van der Waals surface area contributed by atoms with Gasteiger partial charge in [-0.3, -0.25) is 0 Å². The molecule has 84 valence electrons. The Morgan fingerprint density at radius 2 is 2.18 bits per heavy atom. The number of nitrogens with zero attached hydrogens (tertiary/aromatic N) is 2. The summed E-state index contributed by atoms with van der Waals surface area (Å²) < 4.78 is 5.37. The Labute approximate surface area is 104 Å². The van der Waals surface area contributed by atoms with Crippen LogP contribution in [0.2, 0.25) is 5.15 Å². The Hall–Kier alpha value is -1.79. The molecule has 1 aliphatic rings. The monoisotopic (exact) mass is 244 g/mol. The fraction of sp³-hybridized carbons (Fsp3) is 0.231. The highest BCUT2D eigenvalue weighted by atomic mass is 35.5. The predicted molar refractivity (Wildman–Crippen MR) is 63.7 cm³/mol. The molecule has 3 nitrogen and oxygen atoms in total. The first-order valence-corrected chi connectivity index (χ1v) is 5.84. The van der Waals surface area contributed by atoms with Crippen LogP contribution in [0.25, 0.3) is 11.5 Å². The van der Waals surface area contributed by atoms with E-state index in [-0.39, 0.29) is 5.15 Å². The Morgan fingerprint density at radius 3 is 2.88 bits per heavy atom. The second kappa shape index (κ2) is 3.90. The molecule has 0 N–H and O–H groups in total. The van der Waals surface area contributed by atoms with Crippen LogP contribution >= 0.6 is 11.6 Å². The summed E-state index contributed by atoms with van der Waals surface area (Å²) in [5.41, 5.74) is 3.46. The maximum atomic E-state index is 9.11. The number of aromatic nitrogens is 1. The first-order valence-electron chi connectivity index (χ1n) is 5.46. The summed E-state index contributed by atoms with van der Waals surface area (Å²) in [6.07, 6.45) is 4.49. The lowest BCUT2D eigenvalue weighted by Crippen LogP contribution is -1.97. The molecule has 3 rings (SSSR count). The molecule has 0 saturated heterocycles. The van der Waals surface area contributed by atoms with E-state index in [9.17, 15) is 0 Å². The molecule has 0 fully saturated rings. The van der Waals surface area contributed by atoms with E-state index in [1.54, 1.807) is 6.26 Å². The average Bonchev–Trinajstić information content (AvgIpc) is 2.99. The normalized spacial score (nSPS) is 13.4. The van der Waals surface area contributed by atoms with Gasteiger partial charge < -0.3 is 4.42 Å². The largest absolute Gasteiger partial charge is 0.463 e. The minimum absolute atomic E-state index is 0.277. The number of fused-ring (bicyclic) bond motifs is 1. The molecule has 0 saturated carbocycles. The van der Waals surface area contributed by atoms with Crippen LogP contribution in [-0.2, 0) is 12.8 Å². The van der Waals surface area contributed by atoms with E-state index in [1.165, 1.54) is 0 Å². The molecule has 0 spiro atoms. The van der Waals surface area contributed by atoms with Gasteiger partial charge in [-0.05, 0) is 42.5 Å². The van der Waals surface area contributed by atoms with E-state index in [4.69, 9.17) is 21.3 Å². The van der Waals surface area contributed by atoms with Gasteiger partial charge in [0, 0.05) is 0 Å². The summed E-state index contributed by atoms with van der Waals surface area (Å²) in [6.45, 7) is 0. The molecular formula is C13H9ClN2O. The van der Waals surface area contributed by atoms with Crippen molar-refractivity contribution in [3.63, 3.8) is 0 Å². The molecule has 0 amide bonds. The number of nitriles is 1. The highest BCUT2D eigenvalue weighted by Crippen LogP contribution is 2.35. The van der Waals surface area contributed by atoms with Gasteiger partial charge in [0.25, 0.3) is 0 Å². The SMILES string of the molecule is N#Cc1c(Cl)nc(-c2ccco2)c2c1CCC2. The lowest BCUT2D eigenvalue weighted by Gasteiger charge is -2.08. The van der Waals surface area contributed by atoms with Crippen molar-refractivity contribution in [3.8, 4) is 17.5 Å². The number of rotatable bonds is 1. The van der Waals surface area contributed by atoms with Gasteiger partial charge >= 0.3 is 0 Å². The molecule has 0 aromatic carbocycles. The Kier molecular flexibility index (Phi) is 2.38. The quantitative estimate of drug-likeness (QED) is 0.723. The topological polar surface area (TPSA) is 49.8 Å². The highest BCUT2D eigenvalue weighted by molar-refractivity contribution is 6.30. The first kappa shape index (κ1) is 10.4. The molecule has 2 heterocycles. The third kappa shape index (κ3) is 1.53. The molecule has 1 aliphatic carbocycles. The minimum atomic E-state index is 0.277. The highest BCUT2D eigenvalue weighted by Gasteiger charge is 2.24. The van der Waals surface area contributed by atoms with E-state index >= 15 is 0 Å². The molecule has 0 unspecified atom stereocenters. The third-order valence-electron chi connectivity index (χ3n) is 3.09. The third-order valence-corrected chi connectivity index (χ3v) is 3.36. The zero-order valence-corrected chi connectivity index (χ0v) is 9.79. The van der Waals surface area contributed by atoms with Gasteiger partial charge in [0.2, 0.25) is 0 Å². The van der Waals surface area contributed by atoms with Crippen LogP contribution in [-0.4, -0.2) is 4.98 Å². The molecule has 0 bridgehead atoms. The van der Waals surface area contributed by atoms with Gasteiger partial charge in [0.05, 0.1) is 11.8 Å². The summed E-state index contributed by atoms with van der Waals surface area (Å²) in [4.78, 5) is 4.31. The number of halogens is 1. The standard InChI is InChI=1S/C13H9ClN2O/c14-13-10(7-15)8-3-1-4-9(8)12(16-13)11-5-2-6-17-11/h2,5-6H,1,3-4H2. The molecule has 2 aromatic rings. The van der Waals surface area contributed by atoms with Gasteiger partial charge in [0.1, 0.15) is 16.9 Å². The van der Waals surface area contributed by atoms with Crippen LogP contribution in [0.15, 0.2) is 22.8 Å². The molecular weight excluding hydrogens is 236 g/mol. The summed E-state index contributed by atoms with van der Waals surface area (Å²) >= 11 is 6.05. The lowest BCUT2D eigenvalue weighted by molar-refractivity contribution is 0.579. The van der Waals surface area contributed by atoms with Gasteiger partial charge in [-0.15, -0.1) is 0 Å². The smallest absolute Gasteiger partial charge is 0.152 e. The average molecular weight is 245 g/mol. The molecule has 0 radical (unpaired) electrons. The molecule has 2 aromatic heterocycles. The van der Waals surface area contributed by atoms with Crippen LogP contribution in [0.4, 0.5) is 0 Å². The van der Waals surface area contributed by atoms with Crippen LogP contribution in [0.5, 0.6) is 0 Å². The fourth-order valence-corrected chi connectivity index (χ4v) is 2.60. The van der Waals surface area contributed by atoms with Gasteiger partial charge in [-0.2, -0.15) is 5.26 Å². The Bertz CT molecular complexity index is 611. The van der Waals surface area contributed by atoms with E-state index in [0.717, 1.165) is 41.8 Å². The van der Waals surface area contributed by atoms with Crippen molar-refractivity contribution in [1.82, 2.24) is 4.98 Å². The van der Waals surface area contributed by atoms with Crippen molar-refractivity contribution >= 4 is 11.6 Å². The van der Waals surface area contributed by atoms with E-state index in [2.05, 4.69) is 11.1 Å². The number of furan rings is 1. The molecule has 4 heteroatoms. The molecule has 0 atom stereocenters. The number of hydrogen-bond donors (Lipinski definition) is 0. The van der Waals surface area contributed by atoms with Crippen molar-refractivity contribution in [2.75, 3.05) is 0 Å².